The first-order valence-corrected chi connectivity index (χ1v) is 8.23. The fraction of sp³-hybridized carbons (Fsp3) is 0.462. The molecule has 0 saturated heterocycles. The van der Waals surface area contributed by atoms with Crippen LogP contribution in [0, 0.1) is 0 Å². The normalized spacial score (nSPS) is 17.5. The predicted molar refractivity (Wildman–Crippen MR) is 74.2 cm³/mol. The van der Waals surface area contributed by atoms with Crippen LogP contribution < -0.4 is 5.32 Å². The van der Waals surface area contributed by atoms with Crippen molar-refractivity contribution >= 4 is 40.6 Å². The Balaban J connectivity index is 1.80. The van der Waals surface area contributed by atoms with Gasteiger partial charge < -0.3 is 0 Å². The van der Waals surface area contributed by atoms with Crippen LogP contribution in [0.1, 0.15) is 32.1 Å². The molecule has 1 heterocycles. The van der Waals surface area contributed by atoms with Gasteiger partial charge in [0, 0.05) is 0 Å². The van der Waals surface area contributed by atoms with Crippen molar-refractivity contribution in [1.29, 1.82) is 0 Å². The van der Waals surface area contributed by atoms with Crippen LogP contribution in [0.15, 0.2) is 18.2 Å². The van der Waals surface area contributed by atoms with Crippen LogP contribution in [0.4, 0.5) is 4.69 Å². The number of aromatic nitrogens is 1. The van der Waals surface area contributed by atoms with Crippen LogP contribution in [0.25, 0.3) is 9.78 Å². The quantitative estimate of drug-likeness (QED) is 0.855. The molecule has 90 valence electrons. The summed E-state index contributed by atoms with van der Waals surface area (Å²) in [5.74, 6) is 0. The summed E-state index contributed by atoms with van der Waals surface area (Å²) < 4.78 is 2.53. The molecule has 3 rings (SSSR count). The van der Waals surface area contributed by atoms with Gasteiger partial charge in [-0.2, -0.15) is 0 Å². The molecular formula is C13H15ClN2Se. The minimum atomic E-state index is 0.345. The second-order valence-corrected chi connectivity index (χ2v) is 7.21. The molecule has 0 unspecified atom stereocenters. The van der Waals surface area contributed by atoms with Crippen molar-refractivity contribution in [2.75, 3.05) is 5.32 Å². The molecule has 2 aromatic rings. The van der Waals surface area contributed by atoms with Crippen molar-refractivity contribution in [2.45, 2.75) is 38.1 Å². The van der Waals surface area contributed by atoms with Gasteiger partial charge in [-0.25, -0.2) is 0 Å². The maximum atomic E-state index is 5.98. The van der Waals surface area contributed by atoms with E-state index in [0.29, 0.717) is 20.5 Å². The molecule has 2 nitrogen and oxygen atoms in total. The Morgan fingerprint density at radius 3 is 2.88 bits per heavy atom. The van der Waals surface area contributed by atoms with Gasteiger partial charge in [0.15, 0.2) is 0 Å². The summed E-state index contributed by atoms with van der Waals surface area (Å²) >= 11 is 6.32. The molecule has 0 atom stereocenters. The molecule has 1 N–H and O–H groups in total. The van der Waals surface area contributed by atoms with E-state index >= 15 is 0 Å². The summed E-state index contributed by atoms with van der Waals surface area (Å²) in [6.07, 6.45) is 6.71. The predicted octanol–water partition coefficient (Wildman–Crippen LogP) is 3.69. The molecule has 0 amide bonds. The van der Waals surface area contributed by atoms with Crippen molar-refractivity contribution in [1.82, 2.24) is 4.98 Å². The number of halogens is 1. The van der Waals surface area contributed by atoms with Crippen molar-refractivity contribution in [2.24, 2.45) is 0 Å². The van der Waals surface area contributed by atoms with Crippen molar-refractivity contribution in [3.8, 4) is 0 Å². The van der Waals surface area contributed by atoms with Gasteiger partial charge in [-0.3, -0.25) is 0 Å². The Kier molecular flexibility index (Phi) is 3.41. The second kappa shape index (κ2) is 5.01. The molecule has 1 aliphatic rings. The number of nitrogens with one attached hydrogen (secondary N) is 1. The summed E-state index contributed by atoms with van der Waals surface area (Å²) in [5, 5.41) is 4.40. The number of benzene rings is 1. The van der Waals surface area contributed by atoms with Crippen molar-refractivity contribution < 1.29 is 0 Å². The van der Waals surface area contributed by atoms with E-state index in [2.05, 4.69) is 16.4 Å². The molecule has 1 aromatic carbocycles. The first-order chi connectivity index (χ1) is 8.31. The van der Waals surface area contributed by atoms with Crippen LogP contribution in [-0.2, 0) is 0 Å². The zero-order chi connectivity index (χ0) is 11.7. The number of nitrogens with zero attached hydrogens (tertiary/aromatic N) is 1. The molecule has 0 aliphatic heterocycles. The van der Waals surface area contributed by atoms with E-state index < -0.39 is 0 Å². The van der Waals surface area contributed by atoms with Crippen molar-refractivity contribution in [3.63, 3.8) is 0 Å². The fourth-order valence-corrected chi connectivity index (χ4v) is 4.49. The van der Waals surface area contributed by atoms with Gasteiger partial charge in [0.25, 0.3) is 0 Å². The van der Waals surface area contributed by atoms with Gasteiger partial charge in [0.2, 0.25) is 0 Å². The van der Waals surface area contributed by atoms with E-state index in [1.807, 2.05) is 12.1 Å². The van der Waals surface area contributed by atoms with Crippen LogP contribution in [0.2, 0.25) is 5.02 Å². The monoisotopic (exact) mass is 314 g/mol. The Morgan fingerprint density at radius 1 is 1.24 bits per heavy atom. The number of fused-ring (bicyclic) bond motifs is 1. The maximum absolute atomic E-state index is 5.98. The molecule has 1 aliphatic carbocycles. The Bertz CT molecular complexity index is 517. The average Bonchev–Trinajstić information content (AvgIpc) is 2.71. The molecule has 17 heavy (non-hydrogen) atoms. The number of hydrogen-bond acceptors (Lipinski definition) is 2. The van der Waals surface area contributed by atoms with Gasteiger partial charge in [-0.15, -0.1) is 0 Å². The van der Waals surface area contributed by atoms with Gasteiger partial charge in [-0.05, 0) is 0 Å². The summed E-state index contributed by atoms with van der Waals surface area (Å²) in [4.78, 5) is 4.66. The Labute approximate surface area is 112 Å². The summed E-state index contributed by atoms with van der Waals surface area (Å²) in [6.45, 7) is 0. The van der Waals surface area contributed by atoms with E-state index in [4.69, 9.17) is 11.6 Å². The molecule has 1 fully saturated rings. The van der Waals surface area contributed by atoms with Crippen LogP contribution in [0.5, 0.6) is 0 Å². The van der Waals surface area contributed by atoms with Crippen molar-refractivity contribution in [3.05, 3.63) is 23.2 Å². The number of hydrogen-bond donors (Lipinski definition) is 1. The number of rotatable bonds is 2. The average molecular weight is 314 g/mol. The molecule has 0 spiro atoms. The molecule has 1 saturated carbocycles. The Hall–Kier alpha value is -0.501. The van der Waals surface area contributed by atoms with Gasteiger partial charge >= 0.3 is 112 Å². The van der Waals surface area contributed by atoms with Crippen LogP contribution >= 0.6 is 11.6 Å². The van der Waals surface area contributed by atoms with Crippen LogP contribution in [-0.4, -0.2) is 25.5 Å². The minimum absolute atomic E-state index is 0.345. The van der Waals surface area contributed by atoms with E-state index in [1.165, 1.54) is 41.1 Å². The summed E-state index contributed by atoms with van der Waals surface area (Å²) in [7, 11) is 0. The molecule has 0 bridgehead atoms. The summed E-state index contributed by atoms with van der Waals surface area (Å²) in [5.41, 5.74) is 1.07. The van der Waals surface area contributed by atoms with E-state index in [-0.39, 0.29) is 0 Å². The fourth-order valence-electron chi connectivity index (χ4n) is 2.38. The molecular weight excluding hydrogens is 299 g/mol. The van der Waals surface area contributed by atoms with Gasteiger partial charge in [-0.1, -0.05) is 0 Å². The third-order valence-electron chi connectivity index (χ3n) is 3.28. The van der Waals surface area contributed by atoms with E-state index in [0.717, 1.165) is 10.5 Å². The first-order valence-electron chi connectivity index (χ1n) is 6.14. The Morgan fingerprint density at radius 2 is 2.06 bits per heavy atom. The topological polar surface area (TPSA) is 24.9 Å². The third-order valence-corrected chi connectivity index (χ3v) is 5.55. The molecule has 0 radical (unpaired) electrons. The zero-order valence-corrected chi connectivity index (χ0v) is 12.0. The molecule has 4 heteroatoms. The standard InChI is InChI=1S/C13H15ClN2Se/c14-9-6-7-12-11(8-9)16-13(17-12)15-10-4-2-1-3-5-10/h6-8,10H,1-5H2,(H,15,16). The second-order valence-electron chi connectivity index (χ2n) is 4.61. The van der Waals surface area contributed by atoms with Gasteiger partial charge in [0.05, 0.1) is 0 Å². The summed E-state index contributed by atoms with van der Waals surface area (Å²) in [6, 6.07) is 6.68. The molecule has 1 aromatic heterocycles. The van der Waals surface area contributed by atoms with E-state index in [9.17, 15) is 0 Å². The van der Waals surface area contributed by atoms with Crippen LogP contribution in [0.3, 0.4) is 0 Å². The SMILES string of the molecule is Clc1ccc2[se]c(NC3CCCCC3)nc2c1. The van der Waals surface area contributed by atoms with Gasteiger partial charge in [0.1, 0.15) is 0 Å². The number of anilines is 1. The zero-order valence-electron chi connectivity index (χ0n) is 9.58. The first kappa shape index (κ1) is 11.6. The third kappa shape index (κ3) is 2.67. The van der Waals surface area contributed by atoms with E-state index in [1.54, 1.807) is 0 Å².